The molecule has 2 saturated heterocycles. The van der Waals surface area contributed by atoms with Crippen molar-refractivity contribution in [2.45, 2.75) is 80.6 Å². The van der Waals surface area contributed by atoms with Crippen molar-refractivity contribution < 1.29 is 59.1 Å². The zero-order valence-corrected chi connectivity index (χ0v) is 18.2. The van der Waals surface area contributed by atoms with Gasteiger partial charge in [-0.3, -0.25) is 4.79 Å². The van der Waals surface area contributed by atoms with Crippen molar-refractivity contribution >= 4 is 5.97 Å². The molecule has 0 bridgehead atoms. The van der Waals surface area contributed by atoms with Gasteiger partial charge in [-0.15, -0.1) is 0 Å². The van der Waals surface area contributed by atoms with E-state index in [-0.39, 0.29) is 26.1 Å². The molecule has 14 nitrogen and oxygen atoms in total. The number of carboxylic acids is 1. The lowest BCUT2D eigenvalue weighted by atomic mass is 9.96. The molecule has 0 amide bonds. The fraction of sp³-hybridized carbons (Fsp3) is 0.947. The van der Waals surface area contributed by atoms with Gasteiger partial charge < -0.3 is 65.8 Å². The second-order valence-corrected chi connectivity index (χ2v) is 7.95. The lowest BCUT2D eigenvalue weighted by molar-refractivity contribution is -0.347. The Kier molecular flexibility index (Phi) is 11.8. The SMILES string of the molecule is NCCCO[C@@H]1C(CO)O[C@@H](O[C@@H]2C(CO)O[C@@H](OCCCC(=O)O)[C@@H](O)C2O)C(N)C1O. The number of aliphatic hydroxyl groups excluding tert-OH is 5. The monoisotopic (exact) mass is 484 g/mol. The summed E-state index contributed by atoms with van der Waals surface area (Å²) in [6.45, 7) is -0.601. The second-order valence-electron chi connectivity index (χ2n) is 7.95. The molecule has 0 aliphatic carbocycles. The molecule has 5 unspecified atom stereocenters. The number of carbonyl (C=O) groups is 1. The van der Waals surface area contributed by atoms with Gasteiger partial charge in [-0.25, -0.2) is 0 Å². The van der Waals surface area contributed by atoms with Gasteiger partial charge in [-0.05, 0) is 19.4 Å². The minimum Gasteiger partial charge on any atom is -0.481 e. The molecule has 10 N–H and O–H groups in total. The molecule has 2 fully saturated rings. The van der Waals surface area contributed by atoms with Crippen LogP contribution in [-0.4, -0.2) is 131 Å². The average Bonchev–Trinajstić information content (AvgIpc) is 2.79. The van der Waals surface area contributed by atoms with E-state index in [4.69, 9.17) is 40.3 Å². The number of hydrogen-bond acceptors (Lipinski definition) is 13. The van der Waals surface area contributed by atoms with Crippen LogP contribution in [-0.2, 0) is 28.5 Å². The highest BCUT2D eigenvalue weighted by molar-refractivity contribution is 5.66. The number of ether oxygens (including phenoxy) is 5. The van der Waals surface area contributed by atoms with Crippen molar-refractivity contribution in [3.8, 4) is 0 Å². The maximum Gasteiger partial charge on any atom is 0.303 e. The molecule has 0 aromatic rings. The van der Waals surface area contributed by atoms with E-state index in [2.05, 4.69) is 0 Å². The number of nitrogens with two attached hydrogens (primary N) is 2. The van der Waals surface area contributed by atoms with Crippen LogP contribution in [0, 0.1) is 0 Å². The van der Waals surface area contributed by atoms with Crippen LogP contribution in [0.15, 0.2) is 0 Å². The lowest BCUT2D eigenvalue weighted by Gasteiger charge is -2.47. The maximum atomic E-state index is 10.6. The Bertz CT molecular complexity index is 583. The smallest absolute Gasteiger partial charge is 0.303 e. The fourth-order valence-corrected chi connectivity index (χ4v) is 3.65. The topological polar surface area (TPSA) is 237 Å². The van der Waals surface area contributed by atoms with Crippen molar-refractivity contribution in [1.82, 2.24) is 0 Å². The van der Waals surface area contributed by atoms with Crippen LogP contribution >= 0.6 is 0 Å². The molecular weight excluding hydrogens is 448 g/mol. The quantitative estimate of drug-likeness (QED) is 0.116. The van der Waals surface area contributed by atoms with Crippen LogP contribution in [0.3, 0.4) is 0 Å². The molecule has 194 valence electrons. The van der Waals surface area contributed by atoms with E-state index in [9.17, 15) is 30.3 Å². The highest BCUT2D eigenvalue weighted by atomic mass is 16.7. The largest absolute Gasteiger partial charge is 0.481 e. The van der Waals surface area contributed by atoms with Gasteiger partial charge in [0.05, 0.1) is 25.9 Å². The van der Waals surface area contributed by atoms with E-state index in [0.717, 1.165) is 0 Å². The Labute approximate surface area is 190 Å². The first-order valence-corrected chi connectivity index (χ1v) is 10.9. The van der Waals surface area contributed by atoms with E-state index >= 15 is 0 Å². The Hall–Kier alpha value is -1.01. The van der Waals surface area contributed by atoms with Crippen LogP contribution in [0.5, 0.6) is 0 Å². The van der Waals surface area contributed by atoms with E-state index in [1.165, 1.54) is 0 Å². The molecule has 2 rings (SSSR count). The zero-order valence-electron chi connectivity index (χ0n) is 18.2. The predicted octanol–water partition coefficient (Wildman–Crippen LogP) is -4.17. The summed E-state index contributed by atoms with van der Waals surface area (Å²) < 4.78 is 27.7. The van der Waals surface area contributed by atoms with Crippen LogP contribution in [0.2, 0.25) is 0 Å². The van der Waals surface area contributed by atoms with Crippen molar-refractivity contribution in [2.24, 2.45) is 11.5 Å². The molecule has 0 radical (unpaired) electrons. The van der Waals surface area contributed by atoms with Gasteiger partial charge in [0.25, 0.3) is 0 Å². The third-order valence-electron chi connectivity index (χ3n) is 5.49. The van der Waals surface area contributed by atoms with Gasteiger partial charge in [0.1, 0.15) is 42.7 Å². The Balaban J connectivity index is 2.01. The van der Waals surface area contributed by atoms with E-state index in [1.54, 1.807) is 0 Å². The normalized spacial score (nSPS) is 39.5. The molecule has 14 heteroatoms. The first-order chi connectivity index (χ1) is 15.7. The molecule has 10 atom stereocenters. The van der Waals surface area contributed by atoms with E-state index in [1.807, 2.05) is 0 Å². The minimum absolute atomic E-state index is 0.0586. The van der Waals surface area contributed by atoms with Crippen LogP contribution in [0.4, 0.5) is 0 Å². The van der Waals surface area contributed by atoms with E-state index < -0.39 is 80.5 Å². The predicted molar refractivity (Wildman–Crippen MR) is 109 cm³/mol. The summed E-state index contributed by atoms with van der Waals surface area (Å²) in [6.07, 6.45) is -11.0. The average molecular weight is 484 g/mol. The number of carboxylic acid groups (broad SMARTS) is 1. The molecule has 0 saturated carbocycles. The van der Waals surface area contributed by atoms with Gasteiger partial charge in [0, 0.05) is 13.0 Å². The molecule has 2 aliphatic heterocycles. The van der Waals surface area contributed by atoms with Crippen molar-refractivity contribution in [2.75, 3.05) is 33.0 Å². The number of hydrogen-bond donors (Lipinski definition) is 8. The molecule has 0 aromatic heterocycles. The van der Waals surface area contributed by atoms with Gasteiger partial charge in [0.15, 0.2) is 12.6 Å². The van der Waals surface area contributed by atoms with Gasteiger partial charge >= 0.3 is 5.97 Å². The molecule has 0 spiro atoms. The summed E-state index contributed by atoms with van der Waals surface area (Å²) in [4.78, 5) is 10.6. The highest BCUT2D eigenvalue weighted by Gasteiger charge is 2.50. The standard InChI is InChI=1S/C19H36N2O12/c20-4-2-6-29-16-9(7-22)31-18(12(21)13(16)26)33-17-10(8-23)32-19(15(28)14(17)27)30-5-1-3-11(24)25/h9-10,12-19,22-23,26-28H,1-8,20-21H2,(H,24,25)/t9?,10?,12?,13?,14?,15-,16+,17+,18-,19+/m0/s1. The molecule has 2 aliphatic rings. The Morgan fingerprint density at radius 3 is 2.06 bits per heavy atom. The summed E-state index contributed by atoms with van der Waals surface area (Å²) in [5.41, 5.74) is 11.5. The van der Waals surface area contributed by atoms with E-state index in [0.29, 0.717) is 13.0 Å². The summed E-state index contributed by atoms with van der Waals surface area (Å²) in [7, 11) is 0. The first kappa shape index (κ1) is 28.2. The lowest BCUT2D eigenvalue weighted by Crippen LogP contribution is -2.66. The van der Waals surface area contributed by atoms with Crippen LogP contribution in [0.25, 0.3) is 0 Å². The third-order valence-corrected chi connectivity index (χ3v) is 5.49. The number of aliphatic carboxylic acids is 1. The molecule has 0 aromatic carbocycles. The van der Waals surface area contributed by atoms with Crippen molar-refractivity contribution in [1.29, 1.82) is 0 Å². The molecular formula is C19H36N2O12. The minimum atomic E-state index is -1.60. The van der Waals surface area contributed by atoms with Crippen LogP contribution in [0.1, 0.15) is 19.3 Å². The Morgan fingerprint density at radius 2 is 1.45 bits per heavy atom. The maximum absolute atomic E-state index is 10.6. The van der Waals surface area contributed by atoms with Crippen molar-refractivity contribution in [3.63, 3.8) is 0 Å². The molecule has 2 heterocycles. The second kappa shape index (κ2) is 13.8. The third kappa shape index (κ3) is 7.48. The van der Waals surface area contributed by atoms with Crippen molar-refractivity contribution in [3.05, 3.63) is 0 Å². The summed E-state index contributed by atoms with van der Waals surface area (Å²) in [5.74, 6) is -1.01. The number of rotatable bonds is 13. The molecule has 33 heavy (non-hydrogen) atoms. The summed E-state index contributed by atoms with van der Waals surface area (Å²) in [5, 5.41) is 59.6. The fourth-order valence-electron chi connectivity index (χ4n) is 3.65. The zero-order chi connectivity index (χ0) is 24.5. The van der Waals surface area contributed by atoms with Gasteiger partial charge in [0.2, 0.25) is 0 Å². The number of aliphatic hydroxyl groups is 5. The highest BCUT2D eigenvalue weighted by Crippen LogP contribution is 2.29. The summed E-state index contributed by atoms with van der Waals surface area (Å²) >= 11 is 0. The van der Waals surface area contributed by atoms with Gasteiger partial charge in [-0.2, -0.15) is 0 Å². The van der Waals surface area contributed by atoms with Gasteiger partial charge in [-0.1, -0.05) is 0 Å². The first-order valence-electron chi connectivity index (χ1n) is 10.9. The summed E-state index contributed by atoms with van der Waals surface area (Å²) in [6, 6.07) is -1.15. The van der Waals surface area contributed by atoms with Crippen LogP contribution < -0.4 is 11.5 Å². The Morgan fingerprint density at radius 1 is 0.848 bits per heavy atom.